The zero-order valence-electron chi connectivity index (χ0n) is 9.23. The van der Waals surface area contributed by atoms with Crippen molar-refractivity contribution in [2.45, 2.75) is 25.8 Å². The monoisotopic (exact) mass is 210 g/mol. The number of anilines is 1. The van der Waals surface area contributed by atoms with E-state index in [9.17, 15) is 0 Å². The highest BCUT2D eigenvalue weighted by atomic mass is 16.5. The second-order valence-electron chi connectivity index (χ2n) is 3.49. The van der Waals surface area contributed by atoms with E-state index in [1.807, 2.05) is 6.92 Å². The van der Waals surface area contributed by atoms with Crippen molar-refractivity contribution in [3.05, 3.63) is 12.4 Å². The minimum atomic E-state index is 0.256. The van der Waals surface area contributed by atoms with Gasteiger partial charge in [-0.25, -0.2) is 9.97 Å². The molecule has 0 aliphatic carbocycles. The van der Waals surface area contributed by atoms with E-state index in [0.29, 0.717) is 5.88 Å². The second-order valence-corrected chi connectivity index (χ2v) is 3.49. The molecular weight excluding hydrogens is 192 g/mol. The van der Waals surface area contributed by atoms with Crippen LogP contribution in [-0.4, -0.2) is 29.7 Å². The van der Waals surface area contributed by atoms with Crippen LogP contribution in [0.15, 0.2) is 12.4 Å². The van der Waals surface area contributed by atoms with Gasteiger partial charge in [0.05, 0.1) is 7.11 Å². The Hall–Kier alpha value is -1.36. The topological polar surface area (TPSA) is 73.1 Å². The maximum absolute atomic E-state index is 5.64. The Bertz CT molecular complexity index is 291. The molecule has 1 rings (SSSR count). The molecule has 84 valence electrons. The van der Waals surface area contributed by atoms with Crippen LogP contribution in [0.2, 0.25) is 0 Å². The van der Waals surface area contributed by atoms with Gasteiger partial charge in [0.2, 0.25) is 5.88 Å². The summed E-state index contributed by atoms with van der Waals surface area (Å²) in [5, 5.41) is 3.19. The third-order valence-electron chi connectivity index (χ3n) is 1.99. The molecule has 0 radical (unpaired) electrons. The number of hydrogen-bond donors (Lipinski definition) is 2. The van der Waals surface area contributed by atoms with Gasteiger partial charge < -0.3 is 15.8 Å². The fourth-order valence-electron chi connectivity index (χ4n) is 1.19. The molecule has 0 saturated carbocycles. The van der Waals surface area contributed by atoms with Crippen molar-refractivity contribution < 1.29 is 4.74 Å². The van der Waals surface area contributed by atoms with E-state index in [1.165, 1.54) is 6.33 Å². The van der Waals surface area contributed by atoms with E-state index in [-0.39, 0.29) is 6.04 Å². The molecule has 0 spiro atoms. The Labute approximate surface area is 90.1 Å². The summed E-state index contributed by atoms with van der Waals surface area (Å²) < 4.78 is 4.99. The van der Waals surface area contributed by atoms with Gasteiger partial charge in [-0.2, -0.15) is 0 Å². The van der Waals surface area contributed by atoms with E-state index in [2.05, 4.69) is 15.3 Å². The second kappa shape index (κ2) is 6.19. The Morgan fingerprint density at radius 3 is 3.00 bits per heavy atom. The number of nitrogens with zero attached hydrogens (tertiary/aromatic N) is 2. The molecule has 5 heteroatoms. The zero-order valence-corrected chi connectivity index (χ0v) is 9.23. The van der Waals surface area contributed by atoms with Crippen LogP contribution in [-0.2, 0) is 0 Å². The van der Waals surface area contributed by atoms with E-state index in [1.54, 1.807) is 13.2 Å². The summed E-state index contributed by atoms with van der Waals surface area (Å²) in [6.07, 6.45) is 3.52. The molecule has 1 heterocycles. The van der Waals surface area contributed by atoms with Crippen LogP contribution in [0.1, 0.15) is 19.8 Å². The summed E-state index contributed by atoms with van der Waals surface area (Å²) in [5.74, 6) is 1.35. The molecular formula is C10H18N4O. The standard InChI is InChI=1S/C10H18N4O/c1-8(11)4-3-5-12-9-6-10(15-2)14-7-13-9/h6-8H,3-5,11H2,1-2H3,(H,12,13,14). The highest BCUT2D eigenvalue weighted by molar-refractivity contribution is 5.36. The normalized spacial score (nSPS) is 12.2. The first kappa shape index (κ1) is 11.7. The van der Waals surface area contributed by atoms with Crippen LogP contribution in [0.3, 0.4) is 0 Å². The van der Waals surface area contributed by atoms with Crippen molar-refractivity contribution in [3.63, 3.8) is 0 Å². The molecule has 0 amide bonds. The van der Waals surface area contributed by atoms with E-state index in [4.69, 9.17) is 10.5 Å². The molecule has 1 unspecified atom stereocenters. The molecule has 0 bridgehead atoms. The SMILES string of the molecule is COc1cc(NCCCC(C)N)ncn1. The van der Waals surface area contributed by atoms with Gasteiger partial charge in [0.25, 0.3) is 0 Å². The quantitative estimate of drug-likeness (QED) is 0.686. The number of nitrogens with two attached hydrogens (primary N) is 1. The van der Waals surface area contributed by atoms with Crippen molar-refractivity contribution in [1.29, 1.82) is 0 Å². The van der Waals surface area contributed by atoms with Crippen molar-refractivity contribution in [1.82, 2.24) is 9.97 Å². The van der Waals surface area contributed by atoms with Crippen LogP contribution >= 0.6 is 0 Å². The van der Waals surface area contributed by atoms with Gasteiger partial charge in [-0.1, -0.05) is 0 Å². The lowest BCUT2D eigenvalue weighted by atomic mass is 10.2. The molecule has 0 aliphatic rings. The number of ether oxygens (including phenoxy) is 1. The predicted octanol–water partition coefficient (Wildman–Crippen LogP) is 1.02. The first-order valence-corrected chi connectivity index (χ1v) is 5.08. The molecule has 1 atom stereocenters. The maximum Gasteiger partial charge on any atom is 0.218 e. The van der Waals surface area contributed by atoms with Crippen LogP contribution in [0.4, 0.5) is 5.82 Å². The Morgan fingerprint density at radius 1 is 1.53 bits per heavy atom. The lowest BCUT2D eigenvalue weighted by molar-refractivity contribution is 0.397. The highest BCUT2D eigenvalue weighted by Crippen LogP contribution is 2.09. The van der Waals surface area contributed by atoms with E-state index in [0.717, 1.165) is 25.2 Å². The van der Waals surface area contributed by atoms with Crippen LogP contribution in [0.25, 0.3) is 0 Å². The smallest absolute Gasteiger partial charge is 0.218 e. The summed E-state index contributed by atoms with van der Waals surface area (Å²) in [6.45, 7) is 2.87. The number of aromatic nitrogens is 2. The Balaban J connectivity index is 2.30. The van der Waals surface area contributed by atoms with Crippen LogP contribution < -0.4 is 15.8 Å². The summed E-state index contributed by atoms with van der Waals surface area (Å²) in [7, 11) is 1.59. The summed E-state index contributed by atoms with van der Waals surface area (Å²) >= 11 is 0. The molecule has 0 aliphatic heterocycles. The fraction of sp³-hybridized carbons (Fsp3) is 0.600. The molecule has 1 aromatic heterocycles. The number of rotatable bonds is 6. The van der Waals surface area contributed by atoms with Gasteiger partial charge in [0.15, 0.2) is 0 Å². The third kappa shape index (κ3) is 4.60. The zero-order chi connectivity index (χ0) is 11.1. The van der Waals surface area contributed by atoms with E-state index < -0.39 is 0 Å². The maximum atomic E-state index is 5.64. The molecule has 0 aromatic carbocycles. The molecule has 5 nitrogen and oxygen atoms in total. The van der Waals surface area contributed by atoms with Gasteiger partial charge in [-0.3, -0.25) is 0 Å². The summed E-state index contributed by atoms with van der Waals surface area (Å²) in [6, 6.07) is 2.03. The summed E-state index contributed by atoms with van der Waals surface area (Å²) in [5.41, 5.74) is 5.64. The van der Waals surface area contributed by atoms with Gasteiger partial charge >= 0.3 is 0 Å². The number of hydrogen-bond acceptors (Lipinski definition) is 5. The fourth-order valence-corrected chi connectivity index (χ4v) is 1.19. The average Bonchev–Trinajstić information content (AvgIpc) is 2.24. The first-order chi connectivity index (χ1) is 7.22. The van der Waals surface area contributed by atoms with Crippen molar-refractivity contribution in [2.24, 2.45) is 5.73 Å². The van der Waals surface area contributed by atoms with Crippen LogP contribution in [0, 0.1) is 0 Å². The first-order valence-electron chi connectivity index (χ1n) is 5.08. The van der Waals surface area contributed by atoms with Crippen LogP contribution in [0.5, 0.6) is 5.88 Å². The number of nitrogens with one attached hydrogen (secondary N) is 1. The van der Waals surface area contributed by atoms with Gasteiger partial charge in [-0.15, -0.1) is 0 Å². The Kier molecular flexibility index (Phi) is 4.83. The van der Waals surface area contributed by atoms with Gasteiger partial charge in [-0.05, 0) is 19.8 Å². The molecule has 1 aromatic rings. The van der Waals surface area contributed by atoms with Gasteiger partial charge in [0.1, 0.15) is 12.1 Å². The molecule has 0 fully saturated rings. The van der Waals surface area contributed by atoms with Crippen molar-refractivity contribution in [3.8, 4) is 5.88 Å². The lowest BCUT2D eigenvalue weighted by Crippen LogP contribution is -2.16. The molecule has 0 saturated heterocycles. The van der Waals surface area contributed by atoms with Gasteiger partial charge in [0, 0.05) is 18.7 Å². The lowest BCUT2D eigenvalue weighted by Gasteiger charge is -2.07. The van der Waals surface area contributed by atoms with E-state index >= 15 is 0 Å². The number of methoxy groups -OCH3 is 1. The van der Waals surface area contributed by atoms with Crippen molar-refractivity contribution in [2.75, 3.05) is 19.0 Å². The largest absolute Gasteiger partial charge is 0.481 e. The average molecular weight is 210 g/mol. The summed E-state index contributed by atoms with van der Waals surface area (Å²) in [4.78, 5) is 7.99. The molecule has 3 N–H and O–H groups in total. The third-order valence-corrected chi connectivity index (χ3v) is 1.99. The minimum absolute atomic E-state index is 0.256. The Morgan fingerprint density at radius 2 is 2.33 bits per heavy atom. The van der Waals surface area contributed by atoms with Crippen molar-refractivity contribution >= 4 is 5.82 Å². The minimum Gasteiger partial charge on any atom is -0.481 e. The molecule has 15 heavy (non-hydrogen) atoms. The predicted molar refractivity (Wildman–Crippen MR) is 60.0 cm³/mol. The highest BCUT2D eigenvalue weighted by Gasteiger charge is 1.98.